The summed E-state index contributed by atoms with van der Waals surface area (Å²) in [4.78, 5) is 0. The van der Waals surface area contributed by atoms with E-state index < -0.39 is 0 Å². The van der Waals surface area contributed by atoms with Gasteiger partial charge in [-0.25, -0.2) is 0 Å². The Morgan fingerprint density at radius 1 is 1.00 bits per heavy atom. The number of aryl methyl sites for hydroxylation is 1. The molecule has 0 amide bonds. The van der Waals surface area contributed by atoms with E-state index in [1.54, 1.807) is 0 Å². The maximum atomic E-state index is 6.13. The van der Waals surface area contributed by atoms with E-state index in [-0.39, 0.29) is 0 Å². The Morgan fingerprint density at radius 2 is 1.61 bits per heavy atom. The number of alkyl halides is 1. The maximum absolute atomic E-state index is 6.13. The molecule has 2 unspecified atom stereocenters. The zero-order valence-corrected chi connectivity index (χ0v) is 13.0. The van der Waals surface area contributed by atoms with Gasteiger partial charge in [0, 0.05) is 5.88 Å². The highest BCUT2D eigenvalue weighted by Gasteiger charge is 2.14. The van der Waals surface area contributed by atoms with Crippen LogP contribution < -0.4 is 0 Å². The third kappa shape index (κ3) is 5.91. The summed E-state index contributed by atoms with van der Waals surface area (Å²) in [5, 5.41) is 0. The molecule has 0 fully saturated rings. The monoisotopic (exact) mass is 266 g/mol. The molecule has 1 aromatic carbocycles. The van der Waals surface area contributed by atoms with Crippen molar-refractivity contribution < 1.29 is 0 Å². The van der Waals surface area contributed by atoms with Gasteiger partial charge in [0.2, 0.25) is 0 Å². The van der Waals surface area contributed by atoms with Gasteiger partial charge in [-0.05, 0) is 49.5 Å². The number of halogens is 1. The van der Waals surface area contributed by atoms with Gasteiger partial charge in [0.25, 0.3) is 0 Å². The fraction of sp³-hybridized carbons (Fsp3) is 0.647. The molecular formula is C17H27Cl. The molecule has 102 valence electrons. The van der Waals surface area contributed by atoms with Crippen LogP contribution in [0.3, 0.4) is 0 Å². The number of benzene rings is 1. The van der Waals surface area contributed by atoms with Gasteiger partial charge in [-0.1, -0.05) is 50.6 Å². The van der Waals surface area contributed by atoms with E-state index in [0.29, 0.717) is 5.92 Å². The fourth-order valence-electron chi connectivity index (χ4n) is 2.73. The van der Waals surface area contributed by atoms with E-state index >= 15 is 0 Å². The number of hydrogen-bond donors (Lipinski definition) is 0. The first-order valence-corrected chi connectivity index (χ1v) is 7.66. The molecular weight excluding hydrogens is 240 g/mol. The second-order valence-corrected chi connectivity index (χ2v) is 6.49. The summed E-state index contributed by atoms with van der Waals surface area (Å²) in [7, 11) is 0. The van der Waals surface area contributed by atoms with Crippen molar-refractivity contribution in [1.29, 1.82) is 0 Å². The molecule has 0 aliphatic heterocycles. The molecule has 0 bridgehead atoms. The first-order valence-electron chi connectivity index (χ1n) is 7.12. The third-order valence-electron chi connectivity index (χ3n) is 3.47. The second-order valence-electron chi connectivity index (χ2n) is 6.18. The molecule has 1 heteroatoms. The SMILES string of the molecule is Cc1ccc(CC(CCl)CC(C)CC(C)C)cc1. The molecule has 2 atom stereocenters. The fourth-order valence-corrected chi connectivity index (χ4v) is 2.96. The summed E-state index contributed by atoms with van der Waals surface area (Å²) >= 11 is 6.13. The molecule has 0 heterocycles. The van der Waals surface area contributed by atoms with E-state index in [1.807, 2.05) is 0 Å². The Hall–Kier alpha value is -0.490. The van der Waals surface area contributed by atoms with Gasteiger partial charge in [-0.15, -0.1) is 11.6 Å². The predicted octanol–water partition coefficient (Wildman–Crippen LogP) is 5.46. The molecule has 0 N–H and O–H groups in total. The largest absolute Gasteiger partial charge is 0.126 e. The Morgan fingerprint density at radius 3 is 2.11 bits per heavy atom. The average molecular weight is 267 g/mol. The zero-order chi connectivity index (χ0) is 13.5. The smallest absolute Gasteiger partial charge is 0.0255 e. The summed E-state index contributed by atoms with van der Waals surface area (Å²) in [5.41, 5.74) is 2.75. The highest BCUT2D eigenvalue weighted by Crippen LogP contribution is 2.23. The lowest BCUT2D eigenvalue weighted by Gasteiger charge is -2.20. The topological polar surface area (TPSA) is 0 Å². The van der Waals surface area contributed by atoms with Gasteiger partial charge >= 0.3 is 0 Å². The molecule has 1 aromatic rings. The average Bonchev–Trinajstić information content (AvgIpc) is 2.30. The quantitative estimate of drug-likeness (QED) is 0.575. The summed E-state index contributed by atoms with van der Waals surface area (Å²) in [5.74, 6) is 2.95. The van der Waals surface area contributed by atoms with Crippen LogP contribution in [0.5, 0.6) is 0 Å². The third-order valence-corrected chi connectivity index (χ3v) is 3.91. The van der Waals surface area contributed by atoms with E-state index in [4.69, 9.17) is 11.6 Å². The molecule has 0 aromatic heterocycles. The van der Waals surface area contributed by atoms with Crippen LogP contribution in [0, 0.1) is 24.7 Å². The Bertz CT molecular complexity index is 326. The van der Waals surface area contributed by atoms with Crippen molar-refractivity contribution in [2.45, 2.75) is 47.0 Å². The molecule has 18 heavy (non-hydrogen) atoms. The molecule has 0 aliphatic rings. The number of rotatable bonds is 7. The van der Waals surface area contributed by atoms with Crippen molar-refractivity contribution in [2.24, 2.45) is 17.8 Å². The summed E-state index contributed by atoms with van der Waals surface area (Å²) in [6, 6.07) is 8.86. The van der Waals surface area contributed by atoms with E-state index in [9.17, 15) is 0 Å². The minimum Gasteiger partial charge on any atom is -0.126 e. The van der Waals surface area contributed by atoms with Crippen LogP contribution in [0.4, 0.5) is 0 Å². The lowest BCUT2D eigenvalue weighted by atomic mass is 9.87. The van der Waals surface area contributed by atoms with Gasteiger partial charge < -0.3 is 0 Å². The molecule has 0 saturated heterocycles. The van der Waals surface area contributed by atoms with E-state index in [2.05, 4.69) is 52.0 Å². The van der Waals surface area contributed by atoms with Crippen molar-refractivity contribution in [3.05, 3.63) is 35.4 Å². The first kappa shape index (κ1) is 15.6. The van der Waals surface area contributed by atoms with Crippen molar-refractivity contribution in [3.8, 4) is 0 Å². The maximum Gasteiger partial charge on any atom is 0.0255 e. The highest BCUT2D eigenvalue weighted by molar-refractivity contribution is 6.18. The summed E-state index contributed by atoms with van der Waals surface area (Å²) < 4.78 is 0. The van der Waals surface area contributed by atoms with Crippen molar-refractivity contribution >= 4 is 11.6 Å². The number of hydrogen-bond acceptors (Lipinski definition) is 0. The van der Waals surface area contributed by atoms with Crippen molar-refractivity contribution in [1.82, 2.24) is 0 Å². The van der Waals surface area contributed by atoms with Crippen LogP contribution in [0.1, 0.15) is 44.7 Å². The summed E-state index contributed by atoms with van der Waals surface area (Å²) in [6.45, 7) is 9.08. The Balaban J connectivity index is 2.48. The van der Waals surface area contributed by atoms with Gasteiger partial charge in [-0.3, -0.25) is 0 Å². The minimum absolute atomic E-state index is 0.614. The lowest BCUT2D eigenvalue weighted by molar-refractivity contribution is 0.356. The summed E-state index contributed by atoms with van der Waals surface area (Å²) in [6.07, 6.45) is 3.67. The van der Waals surface area contributed by atoms with Gasteiger partial charge in [-0.2, -0.15) is 0 Å². The molecule has 0 nitrogen and oxygen atoms in total. The lowest BCUT2D eigenvalue weighted by Crippen LogP contribution is -2.12. The van der Waals surface area contributed by atoms with E-state index in [1.165, 1.54) is 24.0 Å². The normalized spacial score (nSPS) is 14.8. The first-order chi connectivity index (χ1) is 8.51. The van der Waals surface area contributed by atoms with E-state index in [0.717, 1.165) is 24.1 Å². The standard InChI is InChI=1S/C17H27Cl/c1-13(2)9-15(4)10-17(12-18)11-16-7-5-14(3)6-8-16/h5-8,13,15,17H,9-12H2,1-4H3. The van der Waals surface area contributed by atoms with Crippen LogP contribution in [-0.4, -0.2) is 5.88 Å². The van der Waals surface area contributed by atoms with Crippen LogP contribution in [-0.2, 0) is 6.42 Å². The predicted molar refractivity (Wildman–Crippen MR) is 82.3 cm³/mol. The molecule has 0 saturated carbocycles. The van der Waals surface area contributed by atoms with Crippen molar-refractivity contribution in [3.63, 3.8) is 0 Å². The van der Waals surface area contributed by atoms with Crippen LogP contribution in [0.2, 0.25) is 0 Å². The minimum atomic E-state index is 0.614. The second kappa shape index (κ2) is 7.84. The van der Waals surface area contributed by atoms with Crippen molar-refractivity contribution in [2.75, 3.05) is 5.88 Å². The Kier molecular flexibility index (Phi) is 6.78. The molecule has 0 spiro atoms. The Labute approximate surface area is 118 Å². The zero-order valence-electron chi connectivity index (χ0n) is 12.2. The van der Waals surface area contributed by atoms with Gasteiger partial charge in [0.05, 0.1) is 0 Å². The molecule has 1 rings (SSSR count). The highest BCUT2D eigenvalue weighted by atomic mass is 35.5. The molecule has 0 radical (unpaired) electrons. The van der Waals surface area contributed by atoms with Crippen LogP contribution >= 0.6 is 11.6 Å². The van der Waals surface area contributed by atoms with Crippen LogP contribution in [0.15, 0.2) is 24.3 Å². The van der Waals surface area contributed by atoms with Crippen LogP contribution in [0.25, 0.3) is 0 Å². The molecule has 0 aliphatic carbocycles. The van der Waals surface area contributed by atoms with Gasteiger partial charge in [0.15, 0.2) is 0 Å². The van der Waals surface area contributed by atoms with Gasteiger partial charge in [0.1, 0.15) is 0 Å².